The molecule has 0 spiro atoms. The standard InChI is InChI=1S/C23H30OSi/c1-24-18-13-11-17(12-14-18)20-9-6-10-22-21(20)15-16-23(22)25(2,3)19-7-4-5-8-19/h6,9-14,19,23H,4-5,7-8,15-16H2,1-3H3. The maximum Gasteiger partial charge on any atom is 0.118 e. The maximum atomic E-state index is 5.32. The van der Waals surface area contributed by atoms with Gasteiger partial charge in [-0.15, -0.1) is 0 Å². The van der Waals surface area contributed by atoms with E-state index in [1.807, 2.05) is 0 Å². The second-order valence-corrected chi connectivity index (χ2v) is 13.7. The number of ether oxygens (including phenoxy) is 1. The highest BCUT2D eigenvalue weighted by Gasteiger charge is 2.43. The fourth-order valence-electron chi connectivity index (χ4n) is 5.42. The summed E-state index contributed by atoms with van der Waals surface area (Å²) in [7, 11) is 0.485. The van der Waals surface area contributed by atoms with Crippen molar-refractivity contribution in [2.45, 2.75) is 62.7 Å². The molecule has 1 fully saturated rings. The molecule has 2 aromatic carbocycles. The second-order valence-electron chi connectivity index (χ2n) is 8.50. The molecular formula is C23H30OSi. The molecular weight excluding hydrogens is 320 g/mol. The lowest BCUT2D eigenvalue weighted by atomic mass is 9.97. The van der Waals surface area contributed by atoms with Crippen LogP contribution in [0.1, 0.15) is 48.8 Å². The first-order valence-corrected chi connectivity index (χ1v) is 13.0. The molecule has 2 aliphatic rings. The average molecular weight is 351 g/mol. The largest absolute Gasteiger partial charge is 0.497 e. The van der Waals surface area contributed by atoms with Crippen LogP contribution in [0.25, 0.3) is 11.1 Å². The van der Waals surface area contributed by atoms with Crippen LogP contribution >= 0.6 is 0 Å². The Morgan fingerprint density at radius 2 is 1.64 bits per heavy atom. The van der Waals surface area contributed by atoms with Crippen LogP contribution in [0.3, 0.4) is 0 Å². The molecule has 25 heavy (non-hydrogen) atoms. The van der Waals surface area contributed by atoms with E-state index in [2.05, 4.69) is 55.6 Å². The second kappa shape index (κ2) is 6.64. The molecule has 2 aromatic rings. The van der Waals surface area contributed by atoms with E-state index >= 15 is 0 Å². The molecule has 2 aliphatic carbocycles. The van der Waals surface area contributed by atoms with Gasteiger partial charge in [-0.2, -0.15) is 0 Å². The molecule has 0 bridgehead atoms. The third-order valence-electron chi connectivity index (χ3n) is 6.98. The van der Waals surface area contributed by atoms with Crippen LogP contribution in [-0.2, 0) is 6.42 Å². The fourth-order valence-corrected chi connectivity index (χ4v) is 9.85. The van der Waals surface area contributed by atoms with Crippen LogP contribution in [0.4, 0.5) is 0 Å². The summed E-state index contributed by atoms with van der Waals surface area (Å²) in [4.78, 5) is 0. The number of benzene rings is 2. The van der Waals surface area contributed by atoms with E-state index in [1.165, 1.54) is 49.7 Å². The molecule has 0 N–H and O–H groups in total. The van der Waals surface area contributed by atoms with Gasteiger partial charge in [0.2, 0.25) is 0 Å². The summed E-state index contributed by atoms with van der Waals surface area (Å²) in [5.41, 5.74) is 7.96. The third-order valence-corrected chi connectivity index (χ3v) is 12.1. The lowest BCUT2D eigenvalue weighted by Crippen LogP contribution is -2.38. The summed E-state index contributed by atoms with van der Waals surface area (Å²) in [6, 6.07) is 15.6. The van der Waals surface area contributed by atoms with E-state index in [0.717, 1.165) is 16.8 Å². The zero-order valence-electron chi connectivity index (χ0n) is 15.8. The van der Waals surface area contributed by atoms with Gasteiger partial charge in [-0.3, -0.25) is 0 Å². The van der Waals surface area contributed by atoms with Crippen molar-refractivity contribution in [1.29, 1.82) is 0 Å². The van der Waals surface area contributed by atoms with Gasteiger partial charge in [-0.25, -0.2) is 0 Å². The Morgan fingerprint density at radius 1 is 0.920 bits per heavy atom. The van der Waals surface area contributed by atoms with Crippen molar-refractivity contribution >= 4 is 8.07 Å². The predicted molar refractivity (Wildman–Crippen MR) is 109 cm³/mol. The summed E-state index contributed by atoms with van der Waals surface area (Å²) < 4.78 is 5.32. The average Bonchev–Trinajstić information content (AvgIpc) is 3.31. The van der Waals surface area contributed by atoms with E-state index in [0.29, 0.717) is 0 Å². The van der Waals surface area contributed by atoms with Crippen LogP contribution < -0.4 is 4.74 Å². The van der Waals surface area contributed by atoms with E-state index in [9.17, 15) is 0 Å². The summed E-state index contributed by atoms with van der Waals surface area (Å²) >= 11 is 0. The van der Waals surface area contributed by atoms with Gasteiger partial charge in [0.05, 0.1) is 15.2 Å². The van der Waals surface area contributed by atoms with Crippen LogP contribution in [0.2, 0.25) is 18.6 Å². The Bertz CT molecular complexity index is 741. The number of methoxy groups -OCH3 is 1. The van der Waals surface area contributed by atoms with Gasteiger partial charge in [-0.1, -0.05) is 69.1 Å². The smallest absolute Gasteiger partial charge is 0.118 e. The quantitative estimate of drug-likeness (QED) is 0.566. The Balaban J connectivity index is 1.69. The minimum absolute atomic E-state index is 0.851. The fraction of sp³-hybridized carbons (Fsp3) is 0.478. The monoisotopic (exact) mass is 350 g/mol. The maximum absolute atomic E-state index is 5.32. The van der Waals surface area contributed by atoms with Crippen LogP contribution in [-0.4, -0.2) is 15.2 Å². The number of fused-ring (bicyclic) bond motifs is 1. The van der Waals surface area contributed by atoms with Crippen molar-refractivity contribution in [2.24, 2.45) is 0 Å². The first-order chi connectivity index (χ1) is 12.1. The Labute approximate surface area is 153 Å². The minimum atomic E-state index is -1.25. The van der Waals surface area contributed by atoms with Crippen molar-refractivity contribution in [3.05, 3.63) is 53.6 Å². The third kappa shape index (κ3) is 2.95. The van der Waals surface area contributed by atoms with Gasteiger partial charge >= 0.3 is 0 Å². The van der Waals surface area contributed by atoms with Gasteiger partial charge in [-0.05, 0) is 58.3 Å². The van der Waals surface area contributed by atoms with E-state index in [1.54, 1.807) is 18.2 Å². The molecule has 1 atom stereocenters. The molecule has 1 saturated carbocycles. The molecule has 0 saturated heterocycles. The summed E-state index contributed by atoms with van der Waals surface area (Å²) in [6.45, 7) is 5.34. The Morgan fingerprint density at radius 3 is 2.32 bits per heavy atom. The van der Waals surface area contributed by atoms with Crippen molar-refractivity contribution in [2.75, 3.05) is 7.11 Å². The molecule has 2 heteroatoms. The van der Waals surface area contributed by atoms with E-state index in [4.69, 9.17) is 4.74 Å². The normalized spacial score (nSPS) is 20.7. The van der Waals surface area contributed by atoms with Gasteiger partial charge in [0.25, 0.3) is 0 Å². The van der Waals surface area contributed by atoms with Crippen LogP contribution in [0.5, 0.6) is 5.75 Å². The molecule has 0 aromatic heterocycles. The van der Waals surface area contributed by atoms with Gasteiger partial charge in [0.15, 0.2) is 0 Å². The molecule has 0 radical (unpaired) electrons. The molecule has 0 aliphatic heterocycles. The highest BCUT2D eigenvalue weighted by molar-refractivity contribution is 6.80. The summed E-state index contributed by atoms with van der Waals surface area (Å²) in [6.07, 6.45) is 8.54. The van der Waals surface area contributed by atoms with E-state index in [-0.39, 0.29) is 0 Å². The number of rotatable bonds is 4. The molecule has 1 nitrogen and oxygen atoms in total. The highest BCUT2D eigenvalue weighted by atomic mass is 28.3. The van der Waals surface area contributed by atoms with Crippen LogP contribution in [0, 0.1) is 0 Å². The van der Waals surface area contributed by atoms with E-state index < -0.39 is 8.07 Å². The topological polar surface area (TPSA) is 9.23 Å². The molecule has 0 amide bonds. The number of hydrogen-bond donors (Lipinski definition) is 0. The van der Waals surface area contributed by atoms with Crippen molar-refractivity contribution in [3.63, 3.8) is 0 Å². The molecule has 1 unspecified atom stereocenters. The zero-order valence-corrected chi connectivity index (χ0v) is 16.8. The SMILES string of the molecule is COc1ccc(-c2cccc3c2CCC3[Si](C)(C)C2CCCC2)cc1. The summed E-state index contributed by atoms with van der Waals surface area (Å²) in [5, 5.41) is 0. The predicted octanol–water partition coefficient (Wildman–Crippen LogP) is 6.58. The first-order valence-electron chi connectivity index (χ1n) is 9.87. The molecule has 0 heterocycles. The van der Waals surface area contributed by atoms with Gasteiger partial charge < -0.3 is 4.74 Å². The van der Waals surface area contributed by atoms with Crippen molar-refractivity contribution < 1.29 is 4.74 Å². The number of hydrogen-bond acceptors (Lipinski definition) is 1. The van der Waals surface area contributed by atoms with Crippen molar-refractivity contribution in [1.82, 2.24) is 0 Å². The van der Waals surface area contributed by atoms with Crippen LogP contribution in [0.15, 0.2) is 42.5 Å². The first kappa shape index (κ1) is 16.9. The Hall–Kier alpha value is -1.54. The van der Waals surface area contributed by atoms with Gasteiger partial charge in [0, 0.05) is 0 Å². The zero-order chi connectivity index (χ0) is 17.4. The Kier molecular flexibility index (Phi) is 4.49. The van der Waals surface area contributed by atoms with Crippen molar-refractivity contribution in [3.8, 4) is 16.9 Å². The van der Waals surface area contributed by atoms with Gasteiger partial charge in [0.1, 0.15) is 5.75 Å². The lowest BCUT2D eigenvalue weighted by Gasteiger charge is -2.36. The highest BCUT2D eigenvalue weighted by Crippen LogP contribution is 2.51. The summed E-state index contributed by atoms with van der Waals surface area (Å²) in [5.74, 6) is 0.934. The molecule has 4 rings (SSSR count). The lowest BCUT2D eigenvalue weighted by molar-refractivity contribution is 0.415. The molecule has 132 valence electrons. The minimum Gasteiger partial charge on any atom is -0.497 e.